The number of anilines is 1. The molecule has 0 spiro atoms. The highest BCUT2D eigenvalue weighted by Gasteiger charge is 2.17. The fourth-order valence-electron chi connectivity index (χ4n) is 1.97. The topological polar surface area (TPSA) is 21.3 Å². The molecular formula is C15H13F4NO. The summed E-state index contributed by atoms with van der Waals surface area (Å²) in [6.07, 6.45) is 0. The lowest BCUT2D eigenvalue weighted by atomic mass is 10.1. The minimum Gasteiger partial charge on any atom is -0.434 e. The molecule has 112 valence electrons. The summed E-state index contributed by atoms with van der Waals surface area (Å²) < 4.78 is 56.3. The highest BCUT2D eigenvalue weighted by molar-refractivity contribution is 5.49. The van der Waals surface area contributed by atoms with Crippen LogP contribution in [0.5, 0.6) is 5.75 Å². The van der Waals surface area contributed by atoms with Crippen molar-refractivity contribution >= 4 is 5.69 Å². The molecule has 0 amide bonds. The van der Waals surface area contributed by atoms with E-state index in [9.17, 15) is 17.6 Å². The molecule has 0 bridgehead atoms. The molecule has 0 fully saturated rings. The Labute approximate surface area is 119 Å². The average Bonchev–Trinajstić information content (AvgIpc) is 2.43. The molecule has 6 heteroatoms. The second-order valence-corrected chi connectivity index (χ2v) is 4.38. The minimum atomic E-state index is -2.97. The summed E-state index contributed by atoms with van der Waals surface area (Å²) in [5.41, 5.74) is 0.0669. The van der Waals surface area contributed by atoms with Crippen molar-refractivity contribution in [1.82, 2.24) is 0 Å². The zero-order valence-electron chi connectivity index (χ0n) is 11.1. The van der Waals surface area contributed by atoms with E-state index in [1.54, 1.807) is 19.1 Å². The Morgan fingerprint density at radius 1 is 0.952 bits per heavy atom. The molecule has 2 aromatic carbocycles. The fourth-order valence-corrected chi connectivity index (χ4v) is 1.97. The average molecular weight is 299 g/mol. The zero-order chi connectivity index (χ0) is 15.4. The summed E-state index contributed by atoms with van der Waals surface area (Å²) in [6, 6.07) is 8.94. The fraction of sp³-hybridized carbons (Fsp3) is 0.200. The summed E-state index contributed by atoms with van der Waals surface area (Å²) in [5, 5.41) is 2.63. The third kappa shape index (κ3) is 3.65. The molecule has 0 aliphatic rings. The first-order valence-electron chi connectivity index (χ1n) is 6.23. The minimum absolute atomic E-state index is 0.0377. The molecule has 0 radical (unpaired) electrons. The Balaban J connectivity index is 2.26. The smallest absolute Gasteiger partial charge is 0.387 e. The van der Waals surface area contributed by atoms with Gasteiger partial charge < -0.3 is 10.1 Å². The molecule has 2 rings (SSSR count). The van der Waals surface area contributed by atoms with Gasteiger partial charge in [-0.3, -0.25) is 0 Å². The van der Waals surface area contributed by atoms with Crippen LogP contribution in [0.4, 0.5) is 23.2 Å². The van der Waals surface area contributed by atoms with Crippen LogP contribution >= 0.6 is 0 Å². The molecule has 0 aromatic heterocycles. The highest BCUT2D eigenvalue weighted by Crippen LogP contribution is 2.30. The number of ether oxygens (including phenoxy) is 1. The van der Waals surface area contributed by atoms with Gasteiger partial charge in [0, 0.05) is 5.56 Å². The monoisotopic (exact) mass is 299 g/mol. The lowest BCUT2D eigenvalue weighted by Gasteiger charge is -2.19. The molecule has 0 saturated heterocycles. The number of hydrogen-bond donors (Lipinski definition) is 1. The molecule has 1 N–H and O–H groups in total. The van der Waals surface area contributed by atoms with Crippen LogP contribution in [0.1, 0.15) is 18.5 Å². The van der Waals surface area contributed by atoms with E-state index in [4.69, 9.17) is 0 Å². The van der Waals surface area contributed by atoms with Gasteiger partial charge in [-0.15, -0.1) is 0 Å². The quantitative estimate of drug-likeness (QED) is 0.805. The maximum absolute atomic E-state index is 13.6. The number of halogens is 4. The Morgan fingerprint density at radius 3 is 2.19 bits per heavy atom. The summed E-state index contributed by atoms with van der Waals surface area (Å²) in [4.78, 5) is 0. The maximum Gasteiger partial charge on any atom is 0.387 e. The van der Waals surface area contributed by atoms with Gasteiger partial charge in [0.15, 0.2) is 0 Å². The lowest BCUT2D eigenvalue weighted by molar-refractivity contribution is -0.0505. The van der Waals surface area contributed by atoms with Gasteiger partial charge in [-0.05, 0) is 25.1 Å². The van der Waals surface area contributed by atoms with Crippen molar-refractivity contribution in [2.24, 2.45) is 0 Å². The van der Waals surface area contributed by atoms with Crippen molar-refractivity contribution in [2.45, 2.75) is 19.6 Å². The summed E-state index contributed by atoms with van der Waals surface area (Å²) in [6.45, 7) is -1.37. The molecule has 0 aliphatic carbocycles. The van der Waals surface area contributed by atoms with Crippen LogP contribution in [-0.2, 0) is 0 Å². The van der Waals surface area contributed by atoms with Crippen LogP contribution in [0.2, 0.25) is 0 Å². The van der Waals surface area contributed by atoms with E-state index >= 15 is 0 Å². The molecular weight excluding hydrogens is 286 g/mol. The van der Waals surface area contributed by atoms with Gasteiger partial charge in [-0.1, -0.05) is 24.3 Å². The Kier molecular flexibility index (Phi) is 4.67. The van der Waals surface area contributed by atoms with E-state index < -0.39 is 24.3 Å². The SMILES string of the molecule is CC(Nc1c(F)cccc1F)c1ccccc1OC(F)F. The van der Waals surface area contributed by atoms with Crippen molar-refractivity contribution in [2.75, 3.05) is 5.32 Å². The van der Waals surface area contributed by atoms with Gasteiger partial charge >= 0.3 is 6.61 Å². The molecule has 2 nitrogen and oxygen atoms in total. The molecule has 2 aromatic rings. The van der Waals surface area contributed by atoms with Crippen molar-refractivity contribution in [1.29, 1.82) is 0 Å². The van der Waals surface area contributed by atoms with E-state index in [-0.39, 0.29) is 11.4 Å². The van der Waals surface area contributed by atoms with Crippen molar-refractivity contribution in [3.63, 3.8) is 0 Å². The number of alkyl halides is 2. The van der Waals surface area contributed by atoms with Crippen LogP contribution in [0.25, 0.3) is 0 Å². The normalized spacial score (nSPS) is 12.3. The lowest BCUT2D eigenvalue weighted by Crippen LogP contribution is -2.12. The van der Waals surface area contributed by atoms with E-state index in [0.717, 1.165) is 12.1 Å². The predicted molar refractivity (Wildman–Crippen MR) is 71.5 cm³/mol. The second-order valence-electron chi connectivity index (χ2n) is 4.38. The number of hydrogen-bond acceptors (Lipinski definition) is 2. The van der Waals surface area contributed by atoms with Crippen LogP contribution < -0.4 is 10.1 Å². The highest BCUT2D eigenvalue weighted by atomic mass is 19.3. The van der Waals surface area contributed by atoms with Gasteiger partial charge in [-0.2, -0.15) is 8.78 Å². The molecule has 0 aliphatic heterocycles. The van der Waals surface area contributed by atoms with Gasteiger partial charge in [0.05, 0.1) is 6.04 Å². The Bertz CT molecular complexity index is 598. The third-order valence-corrected chi connectivity index (χ3v) is 2.93. The van der Waals surface area contributed by atoms with Crippen LogP contribution in [0, 0.1) is 11.6 Å². The number of rotatable bonds is 5. The van der Waals surface area contributed by atoms with Crippen molar-refractivity contribution in [3.05, 3.63) is 59.7 Å². The molecule has 21 heavy (non-hydrogen) atoms. The van der Waals surface area contributed by atoms with Crippen molar-refractivity contribution in [3.8, 4) is 5.75 Å². The summed E-state index contributed by atoms with van der Waals surface area (Å²) >= 11 is 0. The summed E-state index contributed by atoms with van der Waals surface area (Å²) in [5.74, 6) is -1.55. The number of para-hydroxylation sites is 2. The Morgan fingerprint density at radius 2 is 1.57 bits per heavy atom. The summed E-state index contributed by atoms with van der Waals surface area (Å²) in [7, 11) is 0. The van der Waals surface area contributed by atoms with Gasteiger partial charge in [0.2, 0.25) is 0 Å². The first kappa shape index (κ1) is 15.2. The molecule has 0 saturated carbocycles. The van der Waals surface area contributed by atoms with E-state index in [1.807, 2.05) is 0 Å². The first-order chi connectivity index (χ1) is 9.99. The largest absolute Gasteiger partial charge is 0.434 e. The predicted octanol–water partition coefficient (Wildman–Crippen LogP) is 4.74. The van der Waals surface area contributed by atoms with Crippen LogP contribution in [0.3, 0.4) is 0 Å². The maximum atomic E-state index is 13.6. The zero-order valence-corrected chi connectivity index (χ0v) is 11.1. The van der Waals surface area contributed by atoms with Crippen molar-refractivity contribution < 1.29 is 22.3 Å². The van der Waals surface area contributed by atoms with Gasteiger partial charge in [0.1, 0.15) is 23.1 Å². The Hall–Kier alpha value is -2.24. The second kappa shape index (κ2) is 6.47. The third-order valence-electron chi connectivity index (χ3n) is 2.93. The molecule has 1 unspecified atom stereocenters. The molecule has 0 heterocycles. The van der Waals surface area contributed by atoms with E-state index in [2.05, 4.69) is 10.1 Å². The van der Waals surface area contributed by atoms with E-state index in [0.29, 0.717) is 5.56 Å². The molecule has 1 atom stereocenters. The number of benzene rings is 2. The van der Waals surface area contributed by atoms with Gasteiger partial charge in [-0.25, -0.2) is 8.78 Å². The van der Waals surface area contributed by atoms with Crippen LogP contribution in [-0.4, -0.2) is 6.61 Å². The number of nitrogens with one attached hydrogen (secondary N) is 1. The van der Waals surface area contributed by atoms with Crippen LogP contribution in [0.15, 0.2) is 42.5 Å². The first-order valence-corrected chi connectivity index (χ1v) is 6.23. The standard InChI is InChI=1S/C15H13F4NO/c1-9(20-14-11(16)6-4-7-12(14)17)10-5-2-3-8-13(10)21-15(18)19/h2-9,15,20H,1H3. The van der Waals surface area contributed by atoms with Gasteiger partial charge in [0.25, 0.3) is 0 Å². The van der Waals surface area contributed by atoms with E-state index in [1.165, 1.54) is 18.2 Å².